The number of carbonyl (C=O) groups is 1. The minimum atomic E-state index is 0. The zero-order valence-corrected chi connectivity index (χ0v) is 12.8. The molecule has 2 bridgehead atoms. The second-order valence-electron chi connectivity index (χ2n) is 6.43. The average molecular weight is 333 g/mol. The van der Waals surface area contributed by atoms with E-state index in [1.54, 1.807) is 0 Å². The first kappa shape index (κ1) is 14.7. The Morgan fingerprint density at radius 1 is 0.889 bits per heavy atom. The van der Waals surface area contributed by atoms with Gasteiger partial charge in [0.2, 0.25) is 0 Å². The van der Waals surface area contributed by atoms with Crippen LogP contribution in [0.15, 0.2) is 0 Å². The monoisotopic (exact) mass is 334 g/mol. The van der Waals surface area contributed by atoms with Crippen LogP contribution >= 0.6 is 0 Å². The summed E-state index contributed by atoms with van der Waals surface area (Å²) >= 11 is 0. The summed E-state index contributed by atoms with van der Waals surface area (Å²) in [7, 11) is 0. The van der Waals surface area contributed by atoms with E-state index in [1.165, 1.54) is 57.7 Å². The molecule has 4 aliphatic carbocycles. The Hall–Kier alpha value is 0.293. The van der Waals surface area contributed by atoms with Gasteiger partial charge in [-0.05, 0) is 81.5 Å². The first-order valence-corrected chi connectivity index (χ1v) is 7.48. The molecule has 0 aromatic carbocycles. The van der Waals surface area contributed by atoms with Crippen molar-refractivity contribution in [2.45, 2.75) is 51.4 Å². The second kappa shape index (κ2) is 6.64. The minimum absolute atomic E-state index is 0. The van der Waals surface area contributed by atoms with Gasteiger partial charge in [-0.25, -0.2) is 0 Å². The largest absolute Gasteiger partial charge is 0.303 e. The van der Waals surface area contributed by atoms with Gasteiger partial charge in [0.25, 0.3) is 0 Å². The summed E-state index contributed by atoms with van der Waals surface area (Å²) in [6.07, 6.45) is 16.6. The van der Waals surface area contributed by atoms with Gasteiger partial charge in [0.1, 0.15) is 6.29 Å². The normalized spacial score (nSPS) is 43.9. The SMILES string of the molecule is O=CC1CC2C3CCC(C3)C2C1.[CH]1[CH]CCC1.[Ru]. The third kappa shape index (κ3) is 2.89. The maximum atomic E-state index is 10.7. The quantitative estimate of drug-likeness (QED) is 0.526. The van der Waals surface area contributed by atoms with Gasteiger partial charge in [-0.15, -0.1) is 0 Å². The van der Waals surface area contributed by atoms with E-state index in [4.69, 9.17) is 0 Å². The van der Waals surface area contributed by atoms with Gasteiger partial charge < -0.3 is 4.79 Å². The second-order valence-corrected chi connectivity index (χ2v) is 6.43. The average Bonchev–Trinajstić information content (AvgIpc) is 3.12. The number of hydrogen-bond acceptors (Lipinski definition) is 1. The molecule has 4 aliphatic rings. The molecule has 18 heavy (non-hydrogen) atoms. The molecular formula is C16H24ORu. The summed E-state index contributed by atoms with van der Waals surface area (Å²) in [4.78, 5) is 10.7. The fourth-order valence-corrected chi connectivity index (χ4v) is 4.76. The molecule has 4 atom stereocenters. The van der Waals surface area contributed by atoms with Crippen LogP contribution < -0.4 is 0 Å². The molecule has 0 spiro atoms. The third-order valence-corrected chi connectivity index (χ3v) is 5.53. The van der Waals surface area contributed by atoms with Crippen molar-refractivity contribution in [3.8, 4) is 0 Å². The van der Waals surface area contributed by atoms with Gasteiger partial charge in [-0.2, -0.15) is 0 Å². The fourth-order valence-electron chi connectivity index (χ4n) is 4.76. The molecular weight excluding hydrogens is 309 g/mol. The van der Waals surface area contributed by atoms with Crippen molar-refractivity contribution in [3.63, 3.8) is 0 Å². The molecule has 1 nitrogen and oxygen atoms in total. The first-order chi connectivity index (χ1) is 8.38. The predicted octanol–water partition coefficient (Wildman–Crippen LogP) is 3.83. The third-order valence-electron chi connectivity index (χ3n) is 5.53. The van der Waals surface area contributed by atoms with Crippen molar-refractivity contribution < 1.29 is 24.3 Å². The molecule has 0 heterocycles. The zero-order valence-electron chi connectivity index (χ0n) is 11.0. The number of carbonyl (C=O) groups excluding carboxylic acids is 1. The maximum absolute atomic E-state index is 10.7. The summed E-state index contributed by atoms with van der Waals surface area (Å²) in [6, 6.07) is 0. The number of rotatable bonds is 1. The van der Waals surface area contributed by atoms with Crippen LogP contribution in [0.1, 0.15) is 51.4 Å². The molecule has 4 saturated carbocycles. The molecule has 2 heteroatoms. The van der Waals surface area contributed by atoms with Crippen LogP contribution in [0.4, 0.5) is 0 Å². The Morgan fingerprint density at radius 3 is 1.83 bits per heavy atom. The summed E-state index contributed by atoms with van der Waals surface area (Å²) in [6.45, 7) is 0. The van der Waals surface area contributed by atoms with Crippen LogP contribution in [0.5, 0.6) is 0 Å². The van der Waals surface area contributed by atoms with Gasteiger partial charge in [0.15, 0.2) is 0 Å². The molecule has 2 radical (unpaired) electrons. The molecule has 0 saturated heterocycles. The standard InChI is InChI=1S/C11H16O.C5H8.Ru/c12-6-7-3-10-8-1-2-9(5-8)11(10)4-7;1-2-4-5-3-1;/h6-11H,1-5H2;1-2H,3-5H2;. The van der Waals surface area contributed by atoms with Gasteiger partial charge in [-0.1, -0.05) is 6.42 Å². The van der Waals surface area contributed by atoms with Crippen molar-refractivity contribution in [2.24, 2.45) is 29.6 Å². The van der Waals surface area contributed by atoms with E-state index in [9.17, 15) is 4.79 Å². The van der Waals surface area contributed by atoms with Gasteiger partial charge >= 0.3 is 0 Å². The molecule has 0 aliphatic heterocycles. The van der Waals surface area contributed by atoms with Crippen LogP contribution in [-0.4, -0.2) is 6.29 Å². The Morgan fingerprint density at radius 2 is 1.44 bits per heavy atom. The topological polar surface area (TPSA) is 17.1 Å². The van der Waals surface area contributed by atoms with E-state index in [1.807, 2.05) is 0 Å². The minimum Gasteiger partial charge on any atom is -0.303 e. The van der Waals surface area contributed by atoms with E-state index >= 15 is 0 Å². The fraction of sp³-hybridized carbons (Fsp3) is 0.812. The van der Waals surface area contributed by atoms with Crippen molar-refractivity contribution >= 4 is 6.29 Å². The molecule has 4 unspecified atom stereocenters. The maximum Gasteiger partial charge on any atom is 0.123 e. The summed E-state index contributed by atoms with van der Waals surface area (Å²) in [5.74, 6) is 4.39. The molecule has 0 aromatic heterocycles. The molecule has 4 fully saturated rings. The molecule has 102 valence electrons. The Kier molecular flexibility index (Phi) is 5.42. The smallest absolute Gasteiger partial charge is 0.123 e. The Labute approximate surface area is 124 Å². The van der Waals surface area contributed by atoms with Crippen molar-refractivity contribution in [1.82, 2.24) is 0 Å². The van der Waals surface area contributed by atoms with E-state index in [2.05, 4.69) is 12.8 Å². The summed E-state index contributed by atoms with van der Waals surface area (Å²) in [5, 5.41) is 0. The Balaban J connectivity index is 0.000000172. The van der Waals surface area contributed by atoms with E-state index in [0.29, 0.717) is 5.92 Å². The van der Waals surface area contributed by atoms with Crippen molar-refractivity contribution in [2.75, 3.05) is 0 Å². The van der Waals surface area contributed by atoms with Crippen molar-refractivity contribution in [3.05, 3.63) is 12.8 Å². The summed E-state index contributed by atoms with van der Waals surface area (Å²) < 4.78 is 0. The Bertz CT molecular complexity index is 249. The number of hydrogen-bond donors (Lipinski definition) is 0. The van der Waals surface area contributed by atoms with Crippen LogP contribution in [0.3, 0.4) is 0 Å². The number of aldehydes is 1. The molecule has 0 amide bonds. The van der Waals surface area contributed by atoms with Gasteiger partial charge in [0, 0.05) is 25.4 Å². The molecule has 0 aromatic rings. The van der Waals surface area contributed by atoms with Crippen LogP contribution in [0.25, 0.3) is 0 Å². The molecule has 4 rings (SSSR count). The first-order valence-electron chi connectivity index (χ1n) is 7.48. The summed E-state index contributed by atoms with van der Waals surface area (Å²) in [5.41, 5.74) is 0. The van der Waals surface area contributed by atoms with Gasteiger partial charge in [-0.3, -0.25) is 0 Å². The van der Waals surface area contributed by atoms with E-state index in [-0.39, 0.29) is 19.5 Å². The van der Waals surface area contributed by atoms with Gasteiger partial charge in [0.05, 0.1) is 0 Å². The number of fused-ring (bicyclic) bond motifs is 5. The van der Waals surface area contributed by atoms with E-state index < -0.39 is 0 Å². The van der Waals surface area contributed by atoms with Crippen LogP contribution in [0.2, 0.25) is 0 Å². The van der Waals surface area contributed by atoms with Crippen LogP contribution in [-0.2, 0) is 24.3 Å². The molecule has 0 N–H and O–H groups in total. The zero-order chi connectivity index (χ0) is 11.7. The predicted molar refractivity (Wildman–Crippen MR) is 69.1 cm³/mol. The van der Waals surface area contributed by atoms with Crippen molar-refractivity contribution in [1.29, 1.82) is 0 Å². The van der Waals surface area contributed by atoms with E-state index in [0.717, 1.165) is 23.7 Å². The van der Waals surface area contributed by atoms with Crippen LogP contribution in [0, 0.1) is 42.4 Å².